The van der Waals surface area contributed by atoms with E-state index in [0.29, 0.717) is 12.3 Å². The van der Waals surface area contributed by atoms with Gasteiger partial charge in [0.2, 0.25) is 0 Å². The number of carboxylic acids is 1. The van der Waals surface area contributed by atoms with E-state index in [1.807, 2.05) is 0 Å². The predicted molar refractivity (Wildman–Crippen MR) is 55.0 cm³/mol. The molecule has 0 spiro atoms. The van der Waals surface area contributed by atoms with Crippen LogP contribution in [0.25, 0.3) is 0 Å². The van der Waals surface area contributed by atoms with Gasteiger partial charge in [-0.1, -0.05) is 13.3 Å². The van der Waals surface area contributed by atoms with E-state index in [9.17, 15) is 4.79 Å². The number of rotatable bonds is 4. The van der Waals surface area contributed by atoms with E-state index in [2.05, 4.69) is 6.92 Å². The molecule has 0 saturated heterocycles. The van der Waals surface area contributed by atoms with Crippen LogP contribution in [0.3, 0.4) is 0 Å². The Morgan fingerprint density at radius 2 is 2.21 bits per heavy atom. The molecular formula is C12H20O2. The van der Waals surface area contributed by atoms with Gasteiger partial charge < -0.3 is 5.11 Å². The van der Waals surface area contributed by atoms with Crippen LogP contribution in [0.2, 0.25) is 0 Å². The van der Waals surface area contributed by atoms with E-state index in [4.69, 9.17) is 5.11 Å². The molecule has 0 aliphatic heterocycles. The molecule has 2 fully saturated rings. The van der Waals surface area contributed by atoms with Crippen LogP contribution < -0.4 is 0 Å². The maximum absolute atomic E-state index is 10.5. The van der Waals surface area contributed by atoms with Gasteiger partial charge in [-0.2, -0.15) is 0 Å². The minimum atomic E-state index is -0.638. The van der Waals surface area contributed by atoms with Crippen molar-refractivity contribution in [2.45, 2.75) is 45.4 Å². The number of carboxylic acid groups (broad SMARTS) is 1. The molecule has 2 aliphatic rings. The molecule has 4 atom stereocenters. The van der Waals surface area contributed by atoms with Gasteiger partial charge in [-0.3, -0.25) is 4.79 Å². The molecule has 0 amide bonds. The fourth-order valence-electron chi connectivity index (χ4n) is 3.56. The minimum absolute atomic E-state index is 0.355. The van der Waals surface area contributed by atoms with Crippen molar-refractivity contribution in [3.8, 4) is 0 Å². The smallest absolute Gasteiger partial charge is 0.303 e. The van der Waals surface area contributed by atoms with E-state index in [0.717, 1.165) is 24.2 Å². The third-order valence-electron chi connectivity index (χ3n) is 4.11. The third-order valence-corrected chi connectivity index (χ3v) is 4.11. The van der Waals surface area contributed by atoms with Crippen LogP contribution in [0.4, 0.5) is 0 Å². The van der Waals surface area contributed by atoms with Crippen LogP contribution in [0, 0.1) is 23.7 Å². The summed E-state index contributed by atoms with van der Waals surface area (Å²) in [5, 5.41) is 8.69. The van der Waals surface area contributed by atoms with Crippen LogP contribution in [-0.4, -0.2) is 11.1 Å². The van der Waals surface area contributed by atoms with Gasteiger partial charge in [-0.15, -0.1) is 0 Å². The standard InChI is InChI=1S/C12H20O2/c1-8(5-12(13)14)4-11-7-9-2-3-10(11)6-9/h8-11H,2-7H2,1H3,(H,13,14). The van der Waals surface area contributed by atoms with Crippen LogP contribution in [0.15, 0.2) is 0 Å². The lowest BCUT2D eigenvalue weighted by Gasteiger charge is -2.24. The topological polar surface area (TPSA) is 37.3 Å². The summed E-state index contributed by atoms with van der Waals surface area (Å²) < 4.78 is 0. The molecule has 0 heterocycles. The lowest BCUT2D eigenvalue weighted by Crippen LogP contribution is -2.15. The highest BCUT2D eigenvalue weighted by atomic mass is 16.4. The highest BCUT2D eigenvalue weighted by Gasteiger charge is 2.39. The van der Waals surface area contributed by atoms with Crippen LogP contribution in [0.1, 0.15) is 45.4 Å². The van der Waals surface area contributed by atoms with E-state index in [1.54, 1.807) is 0 Å². The first kappa shape index (κ1) is 10.0. The summed E-state index contributed by atoms with van der Waals surface area (Å²) in [6.45, 7) is 2.08. The second kappa shape index (κ2) is 3.92. The van der Waals surface area contributed by atoms with Gasteiger partial charge >= 0.3 is 5.97 Å². The lowest BCUT2D eigenvalue weighted by atomic mass is 9.82. The second-order valence-electron chi connectivity index (χ2n) is 5.37. The zero-order valence-corrected chi connectivity index (χ0v) is 8.91. The fraction of sp³-hybridized carbons (Fsp3) is 0.917. The van der Waals surface area contributed by atoms with Crippen molar-refractivity contribution in [2.24, 2.45) is 23.7 Å². The molecule has 2 bridgehead atoms. The number of hydrogen-bond acceptors (Lipinski definition) is 1. The van der Waals surface area contributed by atoms with Gasteiger partial charge in [-0.05, 0) is 49.4 Å². The molecule has 2 heteroatoms. The van der Waals surface area contributed by atoms with Crippen molar-refractivity contribution in [2.75, 3.05) is 0 Å². The normalized spacial score (nSPS) is 37.4. The maximum Gasteiger partial charge on any atom is 0.303 e. The quantitative estimate of drug-likeness (QED) is 0.750. The van der Waals surface area contributed by atoms with E-state index in [-0.39, 0.29) is 0 Å². The van der Waals surface area contributed by atoms with E-state index >= 15 is 0 Å². The minimum Gasteiger partial charge on any atom is -0.481 e. The summed E-state index contributed by atoms with van der Waals surface area (Å²) in [5.74, 6) is 2.51. The first-order valence-electron chi connectivity index (χ1n) is 5.87. The SMILES string of the molecule is CC(CC(=O)O)CC1CC2CCC1C2. The van der Waals surface area contributed by atoms with Crippen molar-refractivity contribution < 1.29 is 9.90 Å². The van der Waals surface area contributed by atoms with E-state index < -0.39 is 5.97 Å². The monoisotopic (exact) mass is 196 g/mol. The van der Waals surface area contributed by atoms with Gasteiger partial charge in [-0.25, -0.2) is 0 Å². The Bertz CT molecular complexity index is 224. The molecule has 2 nitrogen and oxygen atoms in total. The molecule has 2 saturated carbocycles. The molecular weight excluding hydrogens is 176 g/mol. The molecule has 0 radical (unpaired) electrons. The Balaban J connectivity index is 1.78. The fourth-order valence-corrected chi connectivity index (χ4v) is 3.56. The first-order valence-corrected chi connectivity index (χ1v) is 5.87. The number of aliphatic carboxylic acids is 1. The van der Waals surface area contributed by atoms with Crippen molar-refractivity contribution in [1.29, 1.82) is 0 Å². The predicted octanol–water partition coefficient (Wildman–Crippen LogP) is 2.92. The molecule has 4 unspecified atom stereocenters. The Labute approximate surface area is 85.7 Å². The van der Waals surface area contributed by atoms with Crippen LogP contribution in [0.5, 0.6) is 0 Å². The molecule has 0 aromatic carbocycles. The number of hydrogen-bond donors (Lipinski definition) is 1. The largest absolute Gasteiger partial charge is 0.481 e. The molecule has 0 aromatic rings. The van der Waals surface area contributed by atoms with Gasteiger partial charge in [0, 0.05) is 6.42 Å². The summed E-state index contributed by atoms with van der Waals surface area (Å²) >= 11 is 0. The number of carbonyl (C=O) groups is 1. The summed E-state index contributed by atoms with van der Waals surface area (Å²) in [6, 6.07) is 0. The Kier molecular flexibility index (Phi) is 2.80. The average molecular weight is 196 g/mol. The molecule has 14 heavy (non-hydrogen) atoms. The molecule has 2 aliphatic carbocycles. The van der Waals surface area contributed by atoms with Crippen molar-refractivity contribution in [3.63, 3.8) is 0 Å². The zero-order valence-electron chi connectivity index (χ0n) is 8.91. The number of fused-ring (bicyclic) bond motifs is 2. The Morgan fingerprint density at radius 3 is 2.71 bits per heavy atom. The Morgan fingerprint density at radius 1 is 1.43 bits per heavy atom. The highest BCUT2D eigenvalue weighted by molar-refractivity contribution is 5.66. The van der Waals surface area contributed by atoms with Gasteiger partial charge in [0.15, 0.2) is 0 Å². The third kappa shape index (κ3) is 2.10. The summed E-state index contributed by atoms with van der Waals surface area (Å²) in [5.41, 5.74) is 0. The average Bonchev–Trinajstić information content (AvgIpc) is 2.62. The first-order chi connectivity index (χ1) is 6.65. The van der Waals surface area contributed by atoms with Gasteiger partial charge in [0.05, 0.1) is 0 Å². The van der Waals surface area contributed by atoms with Crippen LogP contribution in [-0.2, 0) is 4.79 Å². The van der Waals surface area contributed by atoms with Crippen molar-refractivity contribution in [3.05, 3.63) is 0 Å². The second-order valence-corrected chi connectivity index (χ2v) is 5.37. The van der Waals surface area contributed by atoms with Gasteiger partial charge in [0.1, 0.15) is 0 Å². The van der Waals surface area contributed by atoms with E-state index in [1.165, 1.54) is 25.7 Å². The molecule has 0 aromatic heterocycles. The van der Waals surface area contributed by atoms with Crippen molar-refractivity contribution in [1.82, 2.24) is 0 Å². The summed E-state index contributed by atoms with van der Waals surface area (Å²) in [6.07, 6.45) is 7.17. The zero-order chi connectivity index (χ0) is 10.1. The summed E-state index contributed by atoms with van der Waals surface area (Å²) in [4.78, 5) is 10.5. The Hall–Kier alpha value is -0.530. The highest BCUT2D eigenvalue weighted by Crippen LogP contribution is 2.50. The maximum atomic E-state index is 10.5. The van der Waals surface area contributed by atoms with Crippen LogP contribution >= 0.6 is 0 Å². The molecule has 1 N–H and O–H groups in total. The molecule has 80 valence electrons. The molecule has 2 rings (SSSR count). The summed E-state index contributed by atoms with van der Waals surface area (Å²) in [7, 11) is 0. The van der Waals surface area contributed by atoms with Gasteiger partial charge in [0.25, 0.3) is 0 Å². The van der Waals surface area contributed by atoms with Crippen molar-refractivity contribution >= 4 is 5.97 Å². The lowest BCUT2D eigenvalue weighted by molar-refractivity contribution is -0.138.